The van der Waals surface area contributed by atoms with Crippen molar-refractivity contribution in [3.8, 4) is 5.75 Å². The number of piperidine rings is 1. The highest BCUT2D eigenvalue weighted by atomic mass is 79.9. The fourth-order valence-corrected chi connectivity index (χ4v) is 2.52. The molecule has 15 heavy (non-hydrogen) atoms. The zero-order valence-electron chi connectivity index (χ0n) is 8.67. The highest BCUT2D eigenvalue weighted by Crippen LogP contribution is 2.27. The molecule has 1 saturated heterocycles. The van der Waals surface area contributed by atoms with E-state index in [9.17, 15) is 5.11 Å². The SMILES string of the molecule is Oc1ccc(Br)cc1CC1CCNCC1. The van der Waals surface area contributed by atoms with E-state index in [1.165, 1.54) is 12.8 Å². The third kappa shape index (κ3) is 2.95. The molecule has 0 saturated carbocycles. The predicted octanol–water partition coefficient (Wildman–Crippen LogP) is 2.70. The molecular formula is C12H16BrNO. The molecule has 1 aromatic carbocycles. The number of aromatic hydroxyl groups is 1. The Morgan fingerprint density at radius 1 is 1.33 bits per heavy atom. The number of phenolic OH excluding ortho intramolecular Hbond substituents is 1. The smallest absolute Gasteiger partial charge is 0.118 e. The Balaban J connectivity index is 2.05. The molecule has 0 spiro atoms. The van der Waals surface area contributed by atoms with Crippen LogP contribution in [-0.2, 0) is 6.42 Å². The van der Waals surface area contributed by atoms with Crippen LogP contribution in [0.5, 0.6) is 5.75 Å². The van der Waals surface area contributed by atoms with Crippen LogP contribution >= 0.6 is 15.9 Å². The molecule has 0 aliphatic carbocycles. The molecule has 82 valence electrons. The van der Waals surface area contributed by atoms with Crippen LogP contribution in [0.25, 0.3) is 0 Å². The van der Waals surface area contributed by atoms with Gasteiger partial charge in [0, 0.05) is 4.47 Å². The third-order valence-electron chi connectivity index (χ3n) is 3.01. The van der Waals surface area contributed by atoms with E-state index in [1.54, 1.807) is 6.07 Å². The average molecular weight is 270 g/mol. The van der Waals surface area contributed by atoms with E-state index < -0.39 is 0 Å². The van der Waals surface area contributed by atoms with Gasteiger partial charge in [-0.1, -0.05) is 15.9 Å². The van der Waals surface area contributed by atoms with Crippen LogP contribution in [0.3, 0.4) is 0 Å². The molecule has 1 fully saturated rings. The zero-order chi connectivity index (χ0) is 10.7. The van der Waals surface area contributed by atoms with Gasteiger partial charge >= 0.3 is 0 Å². The van der Waals surface area contributed by atoms with E-state index in [4.69, 9.17) is 0 Å². The molecule has 0 atom stereocenters. The number of halogens is 1. The van der Waals surface area contributed by atoms with Crippen molar-refractivity contribution in [1.82, 2.24) is 5.32 Å². The lowest BCUT2D eigenvalue weighted by Gasteiger charge is -2.22. The van der Waals surface area contributed by atoms with Crippen molar-refractivity contribution in [3.05, 3.63) is 28.2 Å². The Bertz CT molecular complexity index is 334. The number of phenols is 1. The predicted molar refractivity (Wildman–Crippen MR) is 65.1 cm³/mol. The van der Waals surface area contributed by atoms with Crippen LogP contribution in [0.4, 0.5) is 0 Å². The Hall–Kier alpha value is -0.540. The molecule has 1 aliphatic heterocycles. The van der Waals surface area contributed by atoms with Crippen LogP contribution < -0.4 is 5.32 Å². The Morgan fingerprint density at radius 3 is 2.80 bits per heavy atom. The van der Waals surface area contributed by atoms with Gasteiger partial charge < -0.3 is 10.4 Å². The summed E-state index contributed by atoms with van der Waals surface area (Å²) >= 11 is 3.44. The van der Waals surface area contributed by atoms with Crippen molar-refractivity contribution in [2.24, 2.45) is 5.92 Å². The molecule has 2 N–H and O–H groups in total. The first-order chi connectivity index (χ1) is 7.25. The summed E-state index contributed by atoms with van der Waals surface area (Å²) < 4.78 is 1.05. The second-order valence-corrected chi connectivity index (χ2v) is 5.09. The first-order valence-corrected chi connectivity index (χ1v) is 6.23. The lowest BCUT2D eigenvalue weighted by molar-refractivity contribution is 0.366. The van der Waals surface area contributed by atoms with Gasteiger partial charge in [0.2, 0.25) is 0 Å². The Kier molecular flexibility index (Phi) is 3.65. The minimum atomic E-state index is 0.428. The molecule has 1 heterocycles. The summed E-state index contributed by atoms with van der Waals surface area (Å²) in [7, 11) is 0. The fraction of sp³-hybridized carbons (Fsp3) is 0.500. The van der Waals surface area contributed by atoms with Crippen molar-refractivity contribution >= 4 is 15.9 Å². The number of hydrogen-bond donors (Lipinski definition) is 2. The normalized spacial score (nSPS) is 17.9. The summed E-state index contributed by atoms with van der Waals surface area (Å²) in [6.45, 7) is 2.22. The van der Waals surface area contributed by atoms with Crippen molar-refractivity contribution in [3.63, 3.8) is 0 Å². The van der Waals surface area contributed by atoms with Gasteiger partial charge in [-0.15, -0.1) is 0 Å². The molecule has 1 aromatic rings. The first-order valence-electron chi connectivity index (χ1n) is 5.44. The van der Waals surface area contributed by atoms with E-state index in [2.05, 4.69) is 21.2 Å². The topological polar surface area (TPSA) is 32.3 Å². The van der Waals surface area contributed by atoms with E-state index in [0.717, 1.165) is 29.5 Å². The summed E-state index contributed by atoms with van der Waals surface area (Å²) in [4.78, 5) is 0. The summed E-state index contributed by atoms with van der Waals surface area (Å²) in [6.07, 6.45) is 3.42. The quantitative estimate of drug-likeness (QED) is 0.866. The largest absolute Gasteiger partial charge is 0.508 e. The third-order valence-corrected chi connectivity index (χ3v) is 3.50. The van der Waals surface area contributed by atoms with Gasteiger partial charge in [0.25, 0.3) is 0 Å². The van der Waals surface area contributed by atoms with Gasteiger partial charge in [0.15, 0.2) is 0 Å². The van der Waals surface area contributed by atoms with Crippen LogP contribution in [0.1, 0.15) is 18.4 Å². The number of rotatable bonds is 2. The van der Waals surface area contributed by atoms with Gasteiger partial charge in [0.1, 0.15) is 5.75 Å². The van der Waals surface area contributed by atoms with Crippen LogP contribution in [0, 0.1) is 5.92 Å². The maximum atomic E-state index is 9.73. The van der Waals surface area contributed by atoms with E-state index in [1.807, 2.05) is 12.1 Å². The Labute approximate surface area is 98.8 Å². The molecule has 3 heteroatoms. The summed E-state index contributed by atoms with van der Waals surface area (Å²) in [5.41, 5.74) is 1.07. The van der Waals surface area contributed by atoms with Crippen molar-refractivity contribution < 1.29 is 5.11 Å². The minimum absolute atomic E-state index is 0.428. The second kappa shape index (κ2) is 4.99. The van der Waals surface area contributed by atoms with Crippen LogP contribution in [0.15, 0.2) is 22.7 Å². The maximum absolute atomic E-state index is 9.73. The number of benzene rings is 1. The van der Waals surface area contributed by atoms with Crippen molar-refractivity contribution in [2.45, 2.75) is 19.3 Å². The second-order valence-electron chi connectivity index (χ2n) is 4.17. The lowest BCUT2D eigenvalue weighted by Crippen LogP contribution is -2.28. The minimum Gasteiger partial charge on any atom is -0.508 e. The van der Waals surface area contributed by atoms with E-state index in [-0.39, 0.29) is 0 Å². The summed E-state index contributed by atoms with van der Waals surface area (Å²) in [5, 5.41) is 13.1. The zero-order valence-corrected chi connectivity index (χ0v) is 10.3. The highest BCUT2D eigenvalue weighted by Gasteiger charge is 2.15. The molecule has 2 rings (SSSR count). The standard InChI is InChI=1S/C12H16BrNO/c13-11-1-2-12(15)10(8-11)7-9-3-5-14-6-4-9/h1-2,8-9,14-15H,3-7H2. The molecule has 2 nitrogen and oxygen atoms in total. The summed E-state index contributed by atoms with van der Waals surface area (Å²) in [6, 6.07) is 5.67. The van der Waals surface area contributed by atoms with Gasteiger partial charge in [-0.2, -0.15) is 0 Å². The first kappa shape index (κ1) is 11.0. The molecule has 0 amide bonds. The molecule has 0 bridgehead atoms. The average Bonchev–Trinajstić information content (AvgIpc) is 2.25. The van der Waals surface area contributed by atoms with E-state index >= 15 is 0 Å². The summed E-state index contributed by atoms with van der Waals surface area (Å²) in [5.74, 6) is 1.14. The molecular weight excluding hydrogens is 254 g/mol. The van der Waals surface area contributed by atoms with Crippen molar-refractivity contribution in [2.75, 3.05) is 13.1 Å². The van der Waals surface area contributed by atoms with Crippen LogP contribution in [-0.4, -0.2) is 18.2 Å². The van der Waals surface area contributed by atoms with Gasteiger partial charge in [-0.3, -0.25) is 0 Å². The highest BCUT2D eigenvalue weighted by molar-refractivity contribution is 9.10. The molecule has 1 aliphatic rings. The maximum Gasteiger partial charge on any atom is 0.118 e. The monoisotopic (exact) mass is 269 g/mol. The van der Waals surface area contributed by atoms with Crippen molar-refractivity contribution in [1.29, 1.82) is 0 Å². The van der Waals surface area contributed by atoms with Gasteiger partial charge in [-0.05, 0) is 62.0 Å². The fourth-order valence-electron chi connectivity index (χ4n) is 2.11. The van der Waals surface area contributed by atoms with Crippen LogP contribution in [0.2, 0.25) is 0 Å². The number of hydrogen-bond acceptors (Lipinski definition) is 2. The van der Waals surface area contributed by atoms with E-state index in [0.29, 0.717) is 11.7 Å². The molecule has 0 unspecified atom stereocenters. The Morgan fingerprint density at radius 2 is 2.07 bits per heavy atom. The molecule has 0 radical (unpaired) electrons. The van der Waals surface area contributed by atoms with Gasteiger partial charge in [-0.25, -0.2) is 0 Å². The lowest BCUT2D eigenvalue weighted by atomic mass is 9.91. The number of nitrogens with one attached hydrogen (secondary N) is 1. The van der Waals surface area contributed by atoms with Gasteiger partial charge in [0.05, 0.1) is 0 Å². The molecule has 0 aromatic heterocycles.